The van der Waals surface area contributed by atoms with Gasteiger partial charge < -0.3 is 30.9 Å². The molecule has 4 heterocycles. The monoisotopic (exact) mass is 518 g/mol. The largest absolute Gasteiger partial charge is 1.00 e. The average Bonchev–Trinajstić information content (AvgIpc) is 2.86. The summed E-state index contributed by atoms with van der Waals surface area (Å²) in [6.45, 7) is 11.1. The first-order valence-electron chi connectivity index (χ1n) is 10.8. The molecular formula is C23H36K2O8. The van der Waals surface area contributed by atoms with Crippen LogP contribution in [0.2, 0.25) is 0 Å². The van der Waals surface area contributed by atoms with Gasteiger partial charge in [0.2, 0.25) is 0 Å². The molecule has 2 saturated carbocycles. The maximum Gasteiger partial charge on any atom is 1.00 e. The van der Waals surface area contributed by atoms with Crippen molar-refractivity contribution < 1.29 is 143 Å². The SMILES string of the molecule is C=CC12CCC(CO)(CC1)CO2.C=CC12CCC(COC(C)=O)(CC1)CO2.O=CO[O-].[H-].[K+].[K+]. The van der Waals surface area contributed by atoms with Crippen LogP contribution in [0.3, 0.4) is 0 Å². The van der Waals surface area contributed by atoms with E-state index in [-0.39, 0.29) is 145 Å². The molecule has 1 N–H and O–H groups in total. The zero-order valence-electron chi connectivity index (χ0n) is 21.4. The van der Waals surface area contributed by atoms with Crippen LogP contribution in [0.25, 0.3) is 0 Å². The van der Waals surface area contributed by atoms with Crippen molar-refractivity contribution in [2.75, 3.05) is 26.4 Å². The van der Waals surface area contributed by atoms with Crippen LogP contribution in [0.15, 0.2) is 25.3 Å². The second-order valence-corrected chi connectivity index (χ2v) is 9.25. The van der Waals surface area contributed by atoms with Crippen LogP contribution < -0.4 is 108 Å². The van der Waals surface area contributed by atoms with Crippen LogP contribution in [0.5, 0.6) is 0 Å². The molecule has 0 amide bonds. The fraction of sp³-hybridized carbons (Fsp3) is 0.739. The standard InChI is InChI=1S/C12H18O3.C10H16O2.CH2O3.2K.H/c1-3-12-6-4-11(5-7-12,9-15-12)8-14-10(2)13;1-2-10-5-3-9(7-11,4-6-10)8-12-10;2-1-4-3;;;/h3H,1,4-9H2,2H3;2,11H,1,3-8H2;1,3H;;;/q;;;2*+1;-1/p-1. The number of aliphatic hydroxyl groups excluding tert-OH is 1. The van der Waals surface area contributed by atoms with Crippen LogP contribution in [-0.4, -0.2) is 55.2 Å². The Morgan fingerprint density at radius 2 is 1.36 bits per heavy atom. The van der Waals surface area contributed by atoms with Crippen LogP contribution in [-0.2, 0) is 28.7 Å². The fourth-order valence-electron chi connectivity index (χ4n) is 4.75. The van der Waals surface area contributed by atoms with E-state index in [2.05, 4.69) is 18.0 Å². The molecular weight excluding hydrogens is 482 g/mol. The third-order valence-electron chi connectivity index (χ3n) is 7.35. The van der Waals surface area contributed by atoms with Crippen LogP contribution >= 0.6 is 0 Å². The van der Waals surface area contributed by atoms with Gasteiger partial charge in [-0.2, -0.15) is 0 Å². The minimum absolute atomic E-state index is 0. The molecule has 33 heavy (non-hydrogen) atoms. The first-order valence-corrected chi connectivity index (χ1v) is 10.8. The van der Waals surface area contributed by atoms with Crippen LogP contribution in [0, 0.1) is 10.8 Å². The molecule has 178 valence electrons. The predicted molar refractivity (Wildman–Crippen MR) is 112 cm³/mol. The quantitative estimate of drug-likeness (QED) is 0.0949. The van der Waals surface area contributed by atoms with Gasteiger partial charge in [0, 0.05) is 17.8 Å². The van der Waals surface area contributed by atoms with E-state index < -0.39 is 0 Å². The van der Waals surface area contributed by atoms with Gasteiger partial charge in [0.1, 0.15) is 0 Å². The molecule has 8 nitrogen and oxygen atoms in total. The van der Waals surface area contributed by atoms with Gasteiger partial charge in [-0.1, -0.05) is 12.2 Å². The summed E-state index contributed by atoms with van der Waals surface area (Å²) in [6.07, 6.45) is 12.3. The van der Waals surface area contributed by atoms with Gasteiger partial charge in [-0.15, -0.1) is 13.2 Å². The van der Waals surface area contributed by atoms with Crippen molar-refractivity contribution in [3.05, 3.63) is 25.3 Å². The van der Waals surface area contributed by atoms with E-state index in [1.165, 1.54) is 6.92 Å². The molecule has 0 radical (unpaired) electrons. The van der Waals surface area contributed by atoms with Gasteiger partial charge in [-0.25, -0.2) is 0 Å². The van der Waals surface area contributed by atoms with Crippen molar-refractivity contribution in [2.24, 2.45) is 10.8 Å². The second kappa shape index (κ2) is 15.7. The Morgan fingerprint density at radius 3 is 1.61 bits per heavy atom. The minimum atomic E-state index is -0.199. The number of hydrogen-bond acceptors (Lipinski definition) is 8. The van der Waals surface area contributed by atoms with E-state index in [0.29, 0.717) is 13.2 Å². The van der Waals surface area contributed by atoms with Gasteiger partial charge in [-0.3, -0.25) is 9.59 Å². The Bertz CT molecular complexity index is 612. The third kappa shape index (κ3) is 9.41. The molecule has 4 aliphatic heterocycles. The number of carbonyl (C=O) groups is 2. The Morgan fingerprint density at radius 1 is 0.970 bits per heavy atom. The van der Waals surface area contributed by atoms with E-state index in [4.69, 9.17) is 24.3 Å². The summed E-state index contributed by atoms with van der Waals surface area (Å²) in [6, 6.07) is 0. The molecule has 0 atom stereocenters. The minimum Gasteiger partial charge on any atom is -1.00 e. The molecule has 0 unspecified atom stereocenters. The molecule has 2 aliphatic carbocycles. The number of ether oxygens (including phenoxy) is 3. The van der Waals surface area contributed by atoms with Gasteiger partial charge in [-0.05, 0) is 51.4 Å². The summed E-state index contributed by atoms with van der Waals surface area (Å²) in [7, 11) is 0. The van der Waals surface area contributed by atoms with Gasteiger partial charge in [0.15, 0.2) is 0 Å². The van der Waals surface area contributed by atoms with E-state index in [0.717, 1.165) is 58.0 Å². The number of fused-ring (bicyclic) bond motifs is 6. The summed E-state index contributed by atoms with van der Waals surface area (Å²) in [5, 5.41) is 17.6. The molecule has 4 saturated heterocycles. The van der Waals surface area contributed by atoms with Gasteiger partial charge >= 0.3 is 109 Å². The average molecular weight is 519 g/mol. The molecule has 0 aromatic carbocycles. The van der Waals surface area contributed by atoms with Gasteiger partial charge in [0.05, 0.1) is 37.6 Å². The zero-order chi connectivity index (χ0) is 23.0. The van der Waals surface area contributed by atoms with E-state index in [1.54, 1.807) is 0 Å². The summed E-state index contributed by atoms with van der Waals surface area (Å²) in [5.41, 5.74) is 0.0378. The van der Waals surface area contributed by atoms with E-state index in [1.807, 2.05) is 12.2 Å². The maximum absolute atomic E-state index is 10.8. The maximum atomic E-state index is 10.8. The topological polar surface area (TPSA) is 114 Å². The molecule has 10 heteroatoms. The van der Waals surface area contributed by atoms with Crippen molar-refractivity contribution in [1.29, 1.82) is 0 Å². The molecule has 6 rings (SSSR count). The number of esters is 1. The smallest absolute Gasteiger partial charge is 1.00 e. The van der Waals surface area contributed by atoms with Crippen molar-refractivity contribution in [3.63, 3.8) is 0 Å². The Balaban J connectivity index is 0. The Labute approximate surface area is 283 Å². The second-order valence-electron chi connectivity index (χ2n) is 9.25. The summed E-state index contributed by atoms with van der Waals surface area (Å²) < 4.78 is 16.7. The summed E-state index contributed by atoms with van der Waals surface area (Å²) in [5.74, 6) is -0.199. The number of aliphatic hydroxyl groups is 1. The molecule has 0 spiro atoms. The molecule has 4 bridgehead atoms. The van der Waals surface area contributed by atoms with Crippen molar-refractivity contribution in [2.45, 2.75) is 69.5 Å². The first-order chi connectivity index (χ1) is 14.8. The summed E-state index contributed by atoms with van der Waals surface area (Å²) >= 11 is 0. The molecule has 6 fully saturated rings. The number of hydrogen-bond donors (Lipinski definition) is 1. The normalized spacial score (nSPS) is 35.0. The van der Waals surface area contributed by atoms with E-state index >= 15 is 0 Å². The van der Waals surface area contributed by atoms with Crippen molar-refractivity contribution in [1.82, 2.24) is 0 Å². The van der Waals surface area contributed by atoms with Crippen molar-refractivity contribution >= 4 is 12.4 Å². The molecule has 0 aromatic heterocycles. The zero-order valence-corrected chi connectivity index (χ0v) is 26.7. The molecule has 0 aromatic rings. The Kier molecular flexibility index (Phi) is 16.4. The van der Waals surface area contributed by atoms with Crippen LogP contribution in [0.4, 0.5) is 0 Å². The van der Waals surface area contributed by atoms with E-state index in [9.17, 15) is 9.90 Å². The van der Waals surface area contributed by atoms with Crippen LogP contribution in [0.1, 0.15) is 59.7 Å². The third-order valence-corrected chi connectivity index (χ3v) is 7.35. The first kappa shape index (κ1) is 34.5. The molecule has 6 aliphatic rings. The number of rotatable bonds is 6. The summed E-state index contributed by atoms with van der Waals surface area (Å²) in [4.78, 5) is 22.0. The fourth-order valence-corrected chi connectivity index (χ4v) is 4.75. The predicted octanol–water partition coefficient (Wildman–Crippen LogP) is -3.89. The Hall–Kier alpha value is 1.53. The van der Waals surface area contributed by atoms with Gasteiger partial charge in [0.25, 0.3) is 6.47 Å². The van der Waals surface area contributed by atoms with Crippen molar-refractivity contribution in [3.8, 4) is 0 Å². The number of carbonyl (C=O) groups excluding carboxylic acids is 2.